The van der Waals surface area contributed by atoms with Gasteiger partial charge < -0.3 is 10.3 Å². The third-order valence-corrected chi connectivity index (χ3v) is 2.52. The highest BCUT2D eigenvalue weighted by Gasteiger charge is 2.15. The maximum absolute atomic E-state index is 5.44. The Morgan fingerprint density at radius 2 is 2.05 bits per heavy atom. The molecule has 9 nitrogen and oxygen atoms in total. The Kier molecular flexibility index (Phi) is 3.17. The number of rotatable bonds is 4. The van der Waals surface area contributed by atoms with Gasteiger partial charge in [-0.3, -0.25) is 4.68 Å². The average molecular weight is 272 g/mol. The van der Waals surface area contributed by atoms with Gasteiger partial charge in [0.05, 0.1) is 12.7 Å². The summed E-state index contributed by atoms with van der Waals surface area (Å²) in [6.07, 6.45) is 5.08. The third-order valence-electron chi connectivity index (χ3n) is 2.52. The molecule has 0 aromatic carbocycles. The number of nitrogens with zero attached hydrogens (tertiary/aromatic N) is 7. The van der Waals surface area contributed by atoms with E-state index in [1.165, 1.54) is 0 Å². The van der Waals surface area contributed by atoms with Gasteiger partial charge in [0, 0.05) is 18.9 Å². The molecule has 3 aromatic heterocycles. The number of aromatic nitrogens is 7. The number of hydrogen-bond acceptors (Lipinski definition) is 8. The van der Waals surface area contributed by atoms with E-state index in [9.17, 15) is 0 Å². The third kappa shape index (κ3) is 2.38. The monoisotopic (exact) mass is 272 g/mol. The molecule has 0 spiro atoms. The first-order valence-electron chi connectivity index (χ1n) is 5.99. The Labute approximate surface area is 113 Å². The van der Waals surface area contributed by atoms with E-state index in [1.807, 2.05) is 6.92 Å². The van der Waals surface area contributed by atoms with E-state index in [0.717, 1.165) is 5.56 Å². The van der Waals surface area contributed by atoms with Crippen LogP contribution < -0.4 is 5.73 Å². The summed E-state index contributed by atoms with van der Waals surface area (Å²) in [7, 11) is 0. The lowest BCUT2D eigenvalue weighted by atomic mass is 10.4. The summed E-state index contributed by atoms with van der Waals surface area (Å²) in [4.78, 5) is 12.5. The lowest BCUT2D eigenvalue weighted by Gasteiger charge is -1.92. The smallest absolute Gasteiger partial charge is 0.280 e. The Balaban J connectivity index is 1.87. The Morgan fingerprint density at radius 3 is 2.80 bits per heavy atom. The molecule has 0 unspecified atom stereocenters. The first-order chi connectivity index (χ1) is 9.76. The van der Waals surface area contributed by atoms with E-state index >= 15 is 0 Å². The van der Waals surface area contributed by atoms with Gasteiger partial charge in [-0.15, -0.1) is 5.10 Å². The van der Waals surface area contributed by atoms with Gasteiger partial charge in [-0.1, -0.05) is 10.4 Å². The fraction of sp³-hybridized carbons (Fsp3) is 0.273. The molecule has 0 aliphatic carbocycles. The van der Waals surface area contributed by atoms with E-state index in [4.69, 9.17) is 10.3 Å². The molecule has 0 saturated carbocycles. The van der Waals surface area contributed by atoms with Crippen LogP contribution >= 0.6 is 0 Å². The van der Waals surface area contributed by atoms with E-state index in [0.29, 0.717) is 30.4 Å². The summed E-state index contributed by atoms with van der Waals surface area (Å²) in [5.41, 5.74) is 6.89. The molecule has 3 heterocycles. The van der Waals surface area contributed by atoms with Crippen molar-refractivity contribution >= 4 is 0 Å². The fourth-order valence-electron chi connectivity index (χ4n) is 1.56. The molecule has 3 rings (SSSR count). The standard InChI is InChI=1S/C11H12N8O/c1-7-4-13-9(14-5-7)10-15-11(20-17-10)8-6-19(3-2-12)18-16-8/h4-6H,2-3,12H2,1H3. The van der Waals surface area contributed by atoms with Crippen LogP contribution in [0.25, 0.3) is 23.2 Å². The predicted octanol–water partition coefficient (Wildman–Crippen LogP) is 0.0522. The van der Waals surface area contributed by atoms with Crippen LogP contribution in [0, 0.1) is 6.92 Å². The van der Waals surface area contributed by atoms with Crippen LogP contribution in [0.3, 0.4) is 0 Å². The molecule has 20 heavy (non-hydrogen) atoms. The first-order valence-corrected chi connectivity index (χ1v) is 5.99. The Morgan fingerprint density at radius 1 is 1.25 bits per heavy atom. The van der Waals surface area contributed by atoms with Crippen LogP contribution in [0.15, 0.2) is 23.1 Å². The minimum absolute atomic E-state index is 0.271. The summed E-state index contributed by atoms with van der Waals surface area (Å²) in [5, 5.41) is 11.7. The van der Waals surface area contributed by atoms with Crippen molar-refractivity contribution in [2.45, 2.75) is 13.5 Å². The number of hydrogen-bond donors (Lipinski definition) is 1. The largest absolute Gasteiger partial charge is 0.332 e. The zero-order valence-corrected chi connectivity index (χ0v) is 10.8. The molecule has 0 atom stereocenters. The molecule has 0 bridgehead atoms. The molecule has 0 amide bonds. The lowest BCUT2D eigenvalue weighted by Crippen LogP contribution is -2.10. The first kappa shape index (κ1) is 12.4. The lowest BCUT2D eigenvalue weighted by molar-refractivity contribution is 0.430. The van der Waals surface area contributed by atoms with Gasteiger partial charge in [0.2, 0.25) is 11.6 Å². The number of aryl methyl sites for hydroxylation is 1. The van der Waals surface area contributed by atoms with Gasteiger partial charge in [-0.25, -0.2) is 9.97 Å². The Bertz CT molecular complexity index is 701. The van der Waals surface area contributed by atoms with Crippen LogP contribution in [0.1, 0.15) is 5.56 Å². The van der Waals surface area contributed by atoms with Crippen molar-refractivity contribution in [2.75, 3.05) is 6.54 Å². The molecule has 2 N–H and O–H groups in total. The molecule has 0 aliphatic rings. The predicted molar refractivity (Wildman–Crippen MR) is 68.1 cm³/mol. The second-order valence-corrected chi connectivity index (χ2v) is 4.16. The van der Waals surface area contributed by atoms with Gasteiger partial charge in [0.1, 0.15) is 0 Å². The summed E-state index contributed by atoms with van der Waals surface area (Å²) in [6.45, 7) is 2.96. The number of nitrogens with two attached hydrogens (primary N) is 1. The van der Waals surface area contributed by atoms with Crippen molar-refractivity contribution in [1.29, 1.82) is 0 Å². The zero-order valence-electron chi connectivity index (χ0n) is 10.8. The molecular formula is C11H12N8O. The van der Waals surface area contributed by atoms with Crippen LogP contribution in [-0.4, -0.2) is 41.6 Å². The van der Waals surface area contributed by atoms with Crippen molar-refractivity contribution in [2.24, 2.45) is 5.73 Å². The van der Waals surface area contributed by atoms with Crippen LogP contribution in [0.2, 0.25) is 0 Å². The van der Waals surface area contributed by atoms with Gasteiger partial charge in [-0.05, 0) is 12.5 Å². The van der Waals surface area contributed by atoms with Crippen molar-refractivity contribution in [3.63, 3.8) is 0 Å². The Hall–Kier alpha value is -2.68. The molecule has 0 saturated heterocycles. The van der Waals surface area contributed by atoms with Crippen LogP contribution in [-0.2, 0) is 6.54 Å². The zero-order chi connectivity index (χ0) is 13.9. The van der Waals surface area contributed by atoms with Crippen molar-refractivity contribution in [3.8, 4) is 23.2 Å². The topological polar surface area (TPSA) is 121 Å². The van der Waals surface area contributed by atoms with Gasteiger partial charge >= 0.3 is 0 Å². The average Bonchev–Trinajstić information content (AvgIpc) is 3.08. The maximum atomic E-state index is 5.44. The van der Waals surface area contributed by atoms with Gasteiger partial charge in [0.25, 0.3) is 5.89 Å². The van der Waals surface area contributed by atoms with Crippen molar-refractivity contribution < 1.29 is 4.52 Å². The maximum Gasteiger partial charge on any atom is 0.280 e. The highest BCUT2D eigenvalue weighted by molar-refractivity contribution is 5.50. The molecule has 3 aromatic rings. The second kappa shape index (κ2) is 5.13. The summed E-state index contributed by atoms with van der Waals surface area (Å²) < 4.78 is 6.75. The normalized spacial score (nSPS) is 10.9. The summed E-state index contributed by atoms with van der Waals surface area (Å²) in [6, 6.07) is 0. The molecule has 0 aliphatic heterocycles. The van der Waals surface area contributed by atoms with E-state index in [-0.39, 0.29) is 5.89 Å². The fourth-order valence-corrected chi connectivity index (χ4v) is 1.56. The van der Waals surface area contributed by atoms with Crippen LogP contribution in [0.5, 0.6) is 0 Å². The minimum atomic E-state index is 0.271. The van der Waals surface area contributed by atoms with E-state index in [2.05, 4.69) is 30.4 Å². The molecule has 9 heteroatoms. The highest BCUT2D eigenvalue weighted by Crippen LogP contribution is 2.17. The molecular weight excluding hydrogens is 260 g/mol. The SMILES string of the molecule is Cc1cnc(-c2noc(-c3cn(CCN)nn3)n2)nc1. The second-order valence-electron chi connectivity index (χ2n) is 4.16. The van der Waals surface area contributed by atoms with E-state index in [1.54, 1.807) is 23.3 Å². The highest BCUT2D eigenvalue weighted by atomic mass is 16.5. The van der Waals surface area contributed by atoms with Crippen LogP contribution in [0.4, 0.5) is 0 Å². The summed E-state index contributed by atoms with van der Waals surface area (Å²) in [5.74, 6) is 0.987. The van der Waals surface area contributed by atoms with Crippen molar-refractivity contribution in [3.05, 3.63) is 24.2 Å². The molecule has 0 fully saturated rings. The minimum Gasteiger partial charge on any atom is -0.332 e. The van der Waals surface area contributed by atoms with E-state index < -0.39 is 0 Å². The molecule has 102 valence electrons. The van der Waals surface area contributed by atoms with Crippen molar-refractivity contribution in [1.82, 2.24) is 35.1 Å². The van der Waals surface area contributed by atoms with Gasteiger partial charge in [-0.2, -0.15) is 4.98 Å². The van der Waals surface area contributed by atoms with Gasteiger partial charge in [0.15, 0.2) is 5.69 Å². The molecule has 0 radical (unpaired) electrons. The quantitative estimate of drug-likeness (QED) is 0.707. The summed E-state index contributed by atoms with van der Waals surface area (Å²) >= 11 is 0.